The first-order valence-corrected chi connectivity index (χ1v) is 17.5. The number of amides is 2. The first-order chi connectivity index (χ1) is 21.1. The van der Waals surface area contributed by atoms with E-state index >= 15 is 0 Å². The van der Waals surface area contributed by atoms with Gasteiger partial charge < -0.3 is 35.0 Å². The number of rotatable bonds is 10. The van der Waals surface area contributed by atoms with Gasteiger partial charge in [0.05, 0.1) is 37.8 Å². The van der Waals surface area contributed by atoms with Crippen molar-refractivity contribution < 1.29 is 24.2 Å². The number of piperidine rings is 3. The molecule has 11 heteroatoms. The Kier molecular flexibility index (Phi) is 12.0. The maximum atomic E-state index is 13.1. The van der Waals surface area contributed by atoms with Crippen molar-refractivity contribution in [3.63, 3.8) is 0 Å². The van der Waals surface area contributed by atoms with E-state index in [1.165, 1.54) is 6.42 Å². The van der Waals surface area contributed by atoms with Crippen molar-refractivity contribution in [1.29, 1.82) is 0 Å². The number of likely N-dealkylation sites (tertiary alicyclic amines) is 2. The molecule has 0 aromatic rings. The quantitative estimate of drug-likeness (QED) is 0.244. The average Bonchev–Trinajstić information content (AvgIpc) is 3.53. The molecule has 8 atom stereocenters. The zero-order valence-electron chi connectivity index (χ0n) is 27.7. The van der Waals surface area contributed by atoms with E-state index in [0.717, 1.165) is 77.8 Å². The number of hydrogen-bond donors (Lipinski definition) is 5. The Bertz CT molecular complexity index is 934. The van der Waals surface area contributed by atoms with Gasteiger partial charge in [0, 0.05) is 56.6 Å². The predicted octanol–water partition coefficient (Wildman–Crippen LogP) is 1.12. The number of hydrogen-bond acceptors (Lipinski definition) is 9. The van der Waals surface area contributed by atoms with Crippen LogP contribution in [0, 0.1) is 29.1 Å². The van der Waals surface area contributed by atoms with Crippen molar-refractivity contribution in [2.75, 3.05) is 65.7 Å². The highest BCUT2D eigenvalue weighted by molar-refractivity contribution is 5.81. The molecular weight excluding hydrogens is 560 g/mol. The summed E-state index contributed by atoms with van der Waals surface area (Å²) < 4.78 is 12.0. The molecule has 252 valence electrons. The largest absolute Gasteiger partial charge is 0.390 e. The Morgan fingerprint density at radius 3 is 2.61 bits per heavy atom. The normalized spacial score (nSPS) is 34.8. The van der Waals surface area contributed by atoms with E-state index in [4.69, 9.17) is 9.47 Å². The first kappa shape index (κ1) is 34.0. The van der Waals surface area contributed by atoms with Crippen LogP contribution in [0.5, 0.6) is 0 Å². The molecule has 0 aromatic heterocycles. The zero-order chi connectivity index (χ0) is 31.3. The van der Waals surface area contributed by atoms with Gasteiger partial charge in [-0.2, -0.15) is 0 Å². The fourth-order valence-corrected chi connectivity index (χ4v) is 8.25. The number of ether oxygens (including phenoxy) is 2. The third kappa shape index (κ3) is 9.14. The predicted molar refractivity (Wildman–Crippen MR) is 170 cm³/mol. The molecule has 0 aromatic carbocycles. The summed E-state index contributed by atoms with van der Waals surface area (Å²) in [6.45, 7) is 15.8. The molecule has 11 nitrogen and oxygen atoms in total. The summed E-state index contributed by atoms with van der Waals surface area (Å²) in [6.07, 6.45) is 6.84. The van der Waals surface area contributed by atoms with Crippen LogP contribution >= 0.6 is 0 Å². The van der Waals surface area contributed by atoms with E-state index in [9.17, 15) is 14.7 Å². The van der Waals surface area contributed by atoms with Crippen LogP contribution < -0.4 is 21.3 Å². The van der Waals surface area contributed by atoms with E-state index in [-0.39, 0.29) is 35.4 Å². The summed E-state index contributed by atoms with van der Waals surface area (Å²) >= 11 is 0. The van der Waals surface area contributed by atoms with Crippen LogP contribution in [-0.4, -0.2) is 123 Å². The first-order valence-electron chi connectivity index (χ1n) is 17.5. The number of fused-ring (bicyclic) bond motifs is 1. The molecule has 5 rings (SSSR count). The van der Waals surface area contributed by atoms with Crippen molar-refractivity contribution in [2.45, 2.75) is 103 Å². The van der Waals surface area contributed by atoms with Gasteiger partial charge in [-0.05, 0) is 75.8 Å². The highest BCUT2D eigenvalue weighted by atomic mass is 16.5. The van der Waals surface area contributed by atoms with Gasteiger partial charge in [-0.3, -0.25) is 20.2 Å². The van der Waals surface area contributed by atoms with Crippen LogP contribution in [0.1, 0.15) is 72.6 Å². The number of aliphatic hydroxyl groups excluding tert-OH is 1. The number of nitrogens with zero attached hydrogens (tertiary/aromatic N) is 2. The molecule has 7 unspecified atom stereocenters. The van der Waals surface area contributed by atoms with Gasteiger partial charge in [0.15, 0.2) is 0 Å². The van der Waals surface area contributed by atoms with Gasteiger partial charge in [0.1, 0.15) is 0 Å². The van der Waals surface area contributed by atoms with Crippen LogP contribution in [0.3, 0.4) is 0 Å². The second-order valence-corrected chi connectivity index (χ2v) is 15.3. The lowest BCUT2D eigenvalue weighted by Crippen LogP contribution is -2.56. The molecule has 5 N–H and O–H groups in total. The van der Waals surface area contributed by atoms with E-state index < -0.39 is 6.10 Å². The Hall–Kier alpha value is -1.34. The minimum atomic E-state index is -0.566. The number of nitrogens with one attached hydrogen (secondary N) is 4. The maximum absolute atomic E-state index is 13.1. The Balaban J connectivity index is 0.972. The lowest BCUT2D eigenvalue weighted by atomic mass is 9.68. The molecule has 0 radical (unpaired) electrons. The summed E-state index contributed by atoms with van der Waals surface area (Å²) in [5, 5.41) is 24.4. The highest BCUT2D eigenvalue weighted by Crippen LogP contribution is 2.41. The lowest BCUT2D eigenvalue weighted by Gasteiger charge is -2.47. The van der Waals surface area contributed by atoms with Gasteiger partial charge in [0.25, 0.3) is 0 Å². The molecule has 4 aliphatic heterocycles. The molecule has 44 heavy (non-hydrogen) atoms. The molecular formula is C33H60N6O5. The Morgan fingerprint density at radius 2 is 1.89 bits per heavy atom. The summed E-state index contributed by atoms with van der Waals surface area (Å²) in [4.78, 5) is 30.1. The molecule has 5 fully saturated rings. The van der Waals surface area contributed by atoms with Crippen LogP contribution in [-0.2, 0) is 19.1 Å². The molecule has 0 spiro atoms. The topological polar surface area (TPSA) is 127 Å². The van der Waals surface area contributed by atoms with Crippen LogP contribution in [0.2, 0.25) is 0 Å². The molecule has 2 amide bonds. The van der Waals surface area contributed by atoms with E-state index in [1.54, 1.807) is 0 Å². The smallest absolute Gasteiger partial charge is 0.227 e. The summed E-state index contributed by atoms with van der Waals surface area (Å²) in [5.41, 5.74) is -0.340. The number of carbonyl (C=O) groups is 2. The number of carbonyl (C=O) groups excluding carboxylic acids is 2. The fraction of sp³-hybridized carbons (Fsp3) is 0.939. The average molecular weight is 621 g/mol. The van der Waals surface area contributed by atoms with Crippen molar-refractivity contribution in [3.8, 4) is 0 Å². The molecule has 4 heterocycles. The highest BCUT2D eigenvalue weighted by Gasteiger charge is 2.41. The monoisotopic (exact) mass is 620 g/mol. The van der Waals surface area contributed by atoms with Crippen LogP contribution in [0.15, 0.2) is 0 Å². The van der Waals surface area contributed by atoms with E-state index in [1.807, 2.05) is 25.7 Å². The van der Waals surface area contributed by atoms with Crippen molar-refractivity contribution in [2.24, 2.45) is 29.1 Å². The maximum Gasteiger partial charge on any atom is 0.227 e. The summed E-state index contributed by atoms with van der Waals surface area (Å²) in [7, 11) is 0. The van der Waals surface area contributed by atoms with Crippen molar-refractivity contribution >= 4 is 11.8 Å². The fourth-order valence-electron chi connectivity index (χ4n) is 8.25. The van der Waals surface area contributed by atoms with Crippen LogP contribution in [0.25, 0.3) is 0 Å². The van der Waals surface area contributed by atoms with Gasteiger partial charge in [0.2, 0.25) is 11.8 Å². The van der Waals surface area contributed by atoms with Crippen molar-refractivity contribution in [1.82, 2.24) is 31.1 Å². The van der Waals surface area contributed by atoms with Gasteiger partial charge in [-0.15, -0.1) is 0 Å². The third-order valence-electron chi connectivity index (χ3n) is 10.9. The van der Waals surface area contributed by atoms with Gasteiger partial charge >= 0.3 is 0 Å². The number of aliphatic hydroxyl groups is 1. The zero-order valence-corrected chi connectivity index (χ0v) is 27.7. The minimum Gasteiger partial charge on any atom is -0.390 e. The molecule has 1 saturated carbocycles. The van der Waals surface area contributed by atoms with Gasteiger partial charge in [-0.25, -0.2) is 0 Å². The van der Waals surface area contributed by atoms with E-state index in [0.29, 0.717) is 56.3 Å². The summed E-state index contributed by atoms with van der Waals surface area (Å²) in [6, 6.07) is 0.346. The van der Waals surface area contributed by atoms with Gasteiger partial charge in [-0.1, -0.05) is 27.7 Å². The van der Waals surface area contributed by atoms with Crippen molar-refractivity contribution in [3.05, 3.63) is 0 Å². The lowest BCUT2D eigenvalue weighted by molar-refractivity contribution is -0.140. The molecule has 5 aliphatic rings. The molecule has 4 saturated heterocycles. The molecule has 1 aliphatic carbocycles. The minimum absolute atomic E-state index is 0.0487. The second kappa shape index (κ2) is 15.5. The van der Waals surface area contributed by atoms with Crippen LogP contribution in [0.4, 0.5) is 0 Å². The SMILES string of the molecule is CC1C(OCC2CNCO2)CCC2CN(C[C@@H](O)CNC(=O)C3CCNC(NC4CCN(C(=O)C(C)(C)C)CC4)C3)CCC21. The Morgan fingerprint density at radius 1 is 1.09 bits per heavy atom. The number of β-amino-alcohol motifs (C(OH)–C–C–N with tert-alkyl or cyclic N) is 1. The van der Waals surface area contributed by atoms with E-state index in [2.05, 4.69) is 33.1 Å². The second-order valence-electron chi connectivity index (χ2n) is 15.3. The standard InChI is InChI=1S/C33H60N6O5/c1-22-28-10-12-38(18-24(28)5-6-29(22)43-20-27-17-34-21-44-27)19-26(40)16-36-31(41)23-7-11-35-30(15-23)37-25-8-13-39(14-9-25)32(42)33(2,3)4/h22-30,34-35,37,40H,5-21H2,1-4H3,(H,36,41)/t22?,23?,24?,26-,27?,28?,29?,30?/m0/s1. The third-order valence-corrected chi connectivity index (χ3v) is 10.9. The molecule has 0 bridgehead atoms. The Labute approximate surface area is 264 Å². The summed E-state index contributed by atoms with van der Waals surface area (Å²) in [5.74, 6) is 2.08.